The van der Waals surface area contributed by atoms with E-state index >= 15 is 0 Å². The van der Waals surface area contributed by atoms with Crippen molar-refractivity contribution in [3.05, 3.63) is 24.3 Å². The van der Waals surface area contributed by atoms with Crippen LogP contribution in [0.1, 0.15) is 271 Å². The van der Waals surface area contributed by atoms with E-state index in [0.717, 1.165) is 64.2 Å². The van der Waals surface area contributed by atoms with E-state index in [1.54, 1.807) is 0 Å². The lowest BCUT2D eigenvalue weighted by atomic mass is 10.0. The molecule has 0 spiro atoms. The van der Waals surface area contributed by atoms with E-state index in [2.05, 4.69) is 45.1 Å². The van der Waals surface area contributed by atoms with Crippen molar-refractivity contribution < 1.29 is 28.6 Å². The van der Waals surface area contributed by atoms with Gasteiger partial charge < -0.3 is 14.2 Å². The Morgan fingerprint density at radius 1 is 0.328 bits per heavy atom. The molecule has 0 saturated carbocycles. The first-order valence-electron chi connectivity index (χ1n) is 25.3. The fraction of sp³-hybridized carbons (Fsp3) is 0.865. The first-order chi connectivity index (χ1) is 28.5. The number of allylic oxidation sites excluding steroid dienone is 4. The molecule has 340 valence electrons. The highest BCUT2D eigenvalue weighted by atomic mass is 16.6. The zero-order chi connectivity index (χ0) is 42.3. The van der Waals surface area contributed by atoms with Gasteiger partial charge >= 0.3 is 17.9 Å². The Hall–Kier alpha value is -2.11. The number of esters is 3. The minimum absolute atomic E-state index is 0.0722. The van der Waals surface area contributed by atoms with Crippen LogP contribution in [-0.2, 0) is 28.6 Å². The molecule has 0 aromatic rings. The molecule has 6 nitrogen and oxygen atoms in total. The van der Waals surface area contributed by atoms with Crippen LogP contribution in [-0.4, -0.2) is 37.2 Å². The molecule has 58 heavy (non-hydrogen) atoms. The molecule has 6 heteroatoms. The monoisotopic (exact) mass is 817 g/mol. The van der Waals surface area contributed by atoms with Gasteiger partial charge in [-0.15, -0.1) is 0 Å². The molecule has 0 aliphatic rings. The maximum Gasteiger partial charge on any atom is 0.306 e. The van der Waals surface area contributed by atoms with Gasteiger partial charge in [0.05, 0.1) is 0 Å². The van der Waals surface area contributed by atoms with Gasteiger partial charge in [-0.25, -0.2) is 0 Å². The number of unbranched alkanes of at least 4 members (excludes halogenated alkanes) is 31. The van der Waals surface area contributed by atoms with E-state index in [9.17, 15) is 14.4 Å². The van der Waals surface area contributed by atoms with Gasteiger partial charge in [0.15, 0.2) is 6.10 Å². The van der Waals surface area contributed by atoms with E-state index in [1.165, 1.54) is 167 Å². The zero-order valence-corrected chi connectivity index (χ0v) is 38.8. The number of rotatable bonds is 46. The van der Waals surface area contributed by atoms with Gasteiger partial charge in [-0.3, -0.25) is 14.4 Å². The lowest BCUT2D eigenvalue weighted by Gasteiger charge is -2.18. The molecule has 0 aromatic carbocycles. The second-order valence-electron chi connectivity index (χ2n) is 17.1. The van der Waals surface area contributed by atoms with Crippen molar-refractivity contribution in [1.29, 1.82) is 0 Å². The van der Waals surface area contributed by atoms with Crippen molar-refractivity contribution in [3.8, 4) is 0 Å². The van der Waals surface area contributed by atoms with Crippen molar-refractivity contribution in [2.24, 2.45) is 0 Å². The molecule has 0 aliphatic carbocycles. The van der Waals surface area contributed by atoms with Crippen molar-refractivity contribution in [1.82, 2.24) is 0 Å². The highest BCUT2D eigenvalue weighted by Crippen LogP contribution is 2.15. The fourth-order valence-electron chi connectivity index (χ4n) is 7.30. The molecular formula is C52H96O6. The molecule has 0 aromatic heterocycles. The van der Waals surface area contributed by atoms with Gasteiger partial charge in [0, 0.05) is 19.3 Å². The average molecular weight is 817 g/mol. The first-order valence-corrected chi connectivity index (χ1v) is 25.3. The number of carbonyl (C=O) groups excluding carboxylic acids is 3. The Labute approximate surface area is 360 Å². The Kier molecular flexibility index (Phi) is 45.8. The third-order valence-corrected chi connectivity index (χ3v) is 11.2. The van der Waals surface area contributed by atoms with E-state index in [1.807, 2.05) is 0 Å². The van der Waals surface area contributed by atoms with Gasteiger partial charge in [-0.1, -0.05) is 212 Å². The maximum atomic E-state index is 12.8. The van der Waals surface area contributed by atoms with Crippen LogP contribution < -0.4 is 0 Å². The Bertz CT molecular complexity index is 942. The van der Waals surface area contributed by atoms with Crippen LogP contribution in [0.5, 0.6) is 0 Å². The zero-order valence-electron chi connectivity index (χ0n) is 38.8. The van der Waals surface area contributed by atoms with Crippen LogP contribution in [0.4, 0.5) is 0 Å². The predicted octanol–water partition coefficient (Wildman–Crippen LogP) is 16.4. The van der Waals surface area contributed by atoms with Crippen LogP contribution in [0.2, 0.25) is 0 Å². The molecule has 0 radical (unpaired) electrons. The lowest BCUT2D eigenvalue weighted by Crippen LogP contribution is -2.30. The summed E-state index contributed by atoms with van der Waals surface area (Å²) in [5.41, 5.74) is 0. The Balaban J connectivity index is 4.34. The largest absolute Gasteiger partial charge is 0.462 e. The molecule has 1 atom stereocenters. The predicted molar refractivity (Wildman–Crippen MR) is 247 cm³/mol. The normalized spacial score (nSPS) is 12.1. The summed E-state index contributed by atoms with van der Waals surface area (Å²) >= 11 is 0. The first kappa shape index (κ1) is 55.9. The lowest BCUT2D eigenvalue weighted by molar-refractivity contribution is -0.167. The summed E-state index contributed by atoms with van der Waals surface area (Å²) in [6, 6.07) is 0. The number of carbonyl (C=O) groups is 3. The molecule has 0 heterocycles. The fourth-order valence-corrected chi connectivity index (χ4v) is 7.30. The summed E-state index contributed by atoms with van der Waals surface area (Å²) in [6.07, 6.45) is 53.0. The summed E-state index contributed by atoms with van der Waals surface area (Å²) in [5.74, 6) is -0.877. The highest BCUT2D eigenvalue weighted by Gasteiger charge is 2.19. The second-order valence-corrected chi connectivity index (χ2v) is 17.1. The number of hydrogen-bond donors (Lipinski definition) is 0. The van der Waals surface area contributed by atoms with E-state index < -0.39 is 6.10 Å². The molecule has 0 saturated heterocycles. The van der Waals surface area contributed by atoms with Gasteiger partial charge in [-0.2, -0.15) is 0 Å². The topological polar surface area (TPSA) is 78.9 Å². The van der Waals surface area contributed by atoms with Gasteiger partial charge in [0.2, 0.25) is 0 Å². The van der Waals surface area contributed by atoms with Crippen molar-refractivity contribution in [3.63, 3.8) is 0 Å². The summed E-state index contributed by atoms with van der Waals surface area (Å²) in [7, 11) is 0. The van der Waals surface area contributed by atoms with E-state index in [-0.39, 0.29) is 31.1 Å². The van der Waals surface area contributed by atoms with Crippen LogP contribution in [0.25, 0.3) is 0 Å². The molecule has 0 N–H and O–H groups in total. The Morgan fingerprint density at radius 3 is 0.914 bits per heavy atom. The van der Waals surface area contributed by atoms with Crippen molar-refractivity contribution in [2.45, 2.75) is 277 Å². The quantitative estimate of drug-likeness (QED) is 0.0263. The summed E-state index contributed by atoms with van der Waals surface area (Å²) in [5, 5.41) is 0. The van der Waals surface area contributed by atoms with Crippen molar-refractivity contribution >= 4 is 17.9 Å². The van der Waals surface area contributed by atoms with Crippen LogP contribution >= 0.6 is 0 Å². The van der Waals surface area contributed by atoms with Crippen LogP contribution in [0, 0.1) is 0 Å². The summed E-state index contributed by atoms with van der Waals surface area (Å²) in [4.78, 5) is 37.9. The minimum atomic E-state index is -0.771. The standard InChI is InChI=1S/C52H96O6/c1-4-7-10-13-16-19-22-24-25-26-27-28-31-34-37-40-43-46-52(55)58-49(47-56-50(53)44-41-38-35-32-29-21-18-15-12-9-6-3)48-57-51(54)45-42-39-36-33-30-23-20-17-14-11-8-5-2/h15,18,24-25,49H,4-14,16-17,19-23,26-48H2,1-3H3/b18-15-,25-24-/t49-/m1/s1. The molecule has 0 rings (SSSR count). The smallest absolute Gasteiger partial charge is 0.306 e. The third kappa shape index (κ3) is 45.0. The van der Waals surface area contributed by atoms with Gasteiger partial charge in [0.1, 0.15) is 13.2 Å². The average Bonchev–Trinajstić information content (AvgIpc) is 3.22. The molecule has 0 amide bonds. The molecular weight excluding hydrogens is 721 g/mol. The van der Waals surface area contributed by atoms with E-state index in [4.69, 9.17) is 14.2 Å². The SMILES string of the molecule is CCCC/C=C\CCCCCCCC(=O)OC[C@H](COC(=O)CCCCCCCCCCCCCC)OC(=O)CCCCCCCCC/C=C\CCCCCCCC. The highest BCUT2D eigenvalue weighted by molar-refractivity contribution is 5.71. The van der Waals surface area contributed by atoms with Gasteiger partial charge in [0.25, 0.3) is 0 Å². The summed E-state index contributed by atoms with van der Waals surface area (Å²) < 4.78 is 16.8. The van der Waals surface area contributed by atoms with E-state index in [0.29, 0.717) is 19.3 Å². The molecule has 0 fully saturated rings. The van der Waals surface area contributed by atoms with Crippen LogP contribution in [0.15, 0.2) is 24.3 Å². The van der Waals surface area contributed by atoms with Gasteiger partial charge in [-0.05, 0) is 64.2 Å². The van der Waals surface area contributed by atoms with Crippen LogP contribution in [0.3, 0.4) is 0 Å². The number of ether oxygens (including phenoxy) is 3. The third-order valence-electron chi connectivity index (χ3n) is 11.2. The summed E-state index contributed by atoms with van der Waals surface area (Å²) in [6.45, 7) is 6.60. The number of hydrogen-bond acceptors (Lipinski definition) is 6. The van der Waals surface area contributed by atoms with Crippen molar-refractivity contribution in [2.75, 3.05) is 13.2 Å². The molecule has 0 aliphatic heterocycles. The second kappa shape index (κ2) is 47.6. The maximum absolute atomic E-state index is 12.8. The molecule has 0 unspecified atom stereocenters. The minimum Gasteiger partial charge on any atom is -0.462 e. The molecule has 0 bridgehead atoms. The Morgan fingerprint density at radius 2 is 0.586 bits per heavy atom.